The maximum atomic E-state index is 4.81. The van der Waals surface area contributed by atoms with Crippen LogP contribution < -0.4 is 10.6 Å². The molecule has 0 bridgehead atoms. The number of hydrogen-bond acceptors (Lipinski definition) is 3. The predicted molar refractivity (Wildman–Crippen MR) is 117 cm³/mol. The number of nitrogens with one attached hydrogen (secondary N) is 3. The molecule has 0 radical (unpaired) electrons. The first-order valence-electron chi connectivity index (χ1n) is 10.3. The summed E-state index contributed by atoms with van der Waals surface area (Å²) in [5, 5.41) is 13.8. The third kappa shape index (κ3) is 4.47. The van der Waals surface area contributed by atoms with Gasteiger partial charge in [0.2, 0.25) is 0 Å². The minimum absolute atomic E-state index is 0.226. The molecule has 0 atom stereocenters. The quantitative estimate of drug-likeness (QED) is 0.426. The molecule has 6 nitrogen and oxygen atoms in total. The van der Waals surface area contributed by atoms with E-state index in [0.29, 0.717) is 6.54 Å². The van der Waals surface area contributed by atoms with Crippen molar-refractivity contribution in [2.45, 2.75) is 38.1 Å². The van der Waals surface area contributed by atoms with Crippen molar-refractivity contribution in [1.29, 1.82) is 0 Å². The van der Waals surface area contributed by atoms with Gasteiger partial charge in [-0.2, -0.15) is 5.10 Å². The summed E-state index contributed by atoms with van der Waals surface area (Å²) in [4.78, 5) is 9.04. The number of hydrogen-bond donors (Lipinski definition) is 3. The lowest BCUT2D eigenvalue weighted by Crippen LogP contribution is -2.48. The van der Waals surface area contributed by atoms with Crippen molar-refractivity contribution in [3.63, 3.8) is 0 Å². The summed E-state index contributed by atoms with van der Waals surface area (Å²) in [7, 11) is 0. The number of benzene rings is 2. The lowest BCUT2D eigenvalue weighted by atomic mass is 9.64. The molecule has 1 saturated carbocycles. The van der Waals surface area contributed by atoms with E-state index in [2.05, 4.69) is 75.2 Å². The third-order valence-corrected chi connectivity index (χ3v) is 5.67. The first-order valence-corrected chi connectivity index (χ1v) is 10.3. The molecule has 0 unspecified atom stereocenters. The molecule has 1 fully saturated rings. The van der Waals surface area contributed by atoms with E-state index in [1.54, 1.807) is 0 Å². The summed E-state index contributed by atoms with van der Waals surface area (Å²) in [5.41, 5.74) is 3.81. The number of rotatable bonds is 7. The summed E-state index contributed by atoms with van der Waals surface area (Å²) in [6.45, 7) is 4.44. The fourth-order valence-electron chi connectivity index (χ4n) is 3.89. The van der Waals surface area contributed by atoms with E-state index in [-0.39, 0.29) is 5.41 Å². The standard InChI is InChI=1S/C23H28N6/c1-2-24-22(26-16-23(12-7-13-23)20-10-4-3-5-11-20)25-15-18-8-6-9-19(14-18)21-27-17-28-29-21/h3-6,8-11,14,17H,2,7,12-13,15-16H2,1H3,(H2,24,25,26)(H,27,28,29). The van der Waals surface area contributed by atoms with Gasteiger partial charge < -0.3 is 10.6 Å². The molecule has 0 amide bonds. The van der Waals surface area contributed by atoms with Gasteiger partial charge in [-0.05, 0) is 37.0 Å². The average Bonchev–Trinajstić information content (AvgIpc) is 3.27. The zero-order valence-electron chi connectivity index (χ0n) is 16.9. The molecular weight excluding hydrogens is 360 g/mol. The molecule has 1 aliphatic rings. The summed E-state index contributed by atoms with van der Waals surface area (Å²) in [5.74, 6) is 1.63. The molecule has 3 N–H and O–H groups in total. The van der Waals surface area contributed by atoms with Gasteiger partial charge in [0, 0.05) is 24.1 Å². The van der Waals surface area contributed by atoms with E-state index in [1.807, 2.05) is 12.1 Å². The molecule has 0 aliphatic heterocycles. The lowest BCUT2D eigenvalue weighted by molar-refractivity contribution is 0.244. The largest absolute Gasteiger partial charge is 0.357 e. The van der Waals surface area contributed by atoms with Crippen LogP contribution in [0.3, 0.4) is 0 Å². The van der Waals surface area contributed by atoms with Crippen molar-refractivity contribution in [3.8, 4) is 11.4 Å². The minimum Gasteiger partial charge on any atom is -0.357 e. The normalized spacial score (nSPS) is 15.6. The number of nitrogens with zero attached hydrogens (tertiary/aromatic N) is 3. The molecule has 0 spiro atoms. The first kappa shape index (κ1) is 19.2. The van der Waals surface area contributed by atoms with Crippen LogP contribution in [-0.2, 0) is 12.0 Å². The van der Waals surface area contributed by atoms with Gasteiger partial charge >= 0.3 is 0 Å². The molecule has 150 valence electrons. The molecule has 3 aromatic rings. The number of aromatic amines is 1. The van der Waals surface area contributed by atoms with Crippen molar-refractivity contribution in [1.82, 2.24) is 25.8 Å². The first-order chi connectivity index (χ1) is 14.3. The topological polar surface area (TPSA) is 78.0 Å². The van der Waals surface area contributed by atoms with Gasteiger partial charge in [-0.25, -0.2) is 9.98 Å². The number of aromatic nitrogens is 3. The summed E-state index contributed by atoms with van der Waals surface area (Å²) < 4.78 is 0. The Kier molecular flexibility index (Phi) is 5.89. The van der Waals surface area contributed by atoms with E-state index in [1.165, 1.54) is 31.2 Å². The summed E-state index contributed by atoms with van der Waals surface area (Å²) in [6.07, 6.45) is 5.26. The van der Waals surface area contributed by atoms with Crippen LogP contribution in [0, 0.1) is 0 Å². The van der Waals surface area contributed by atoms with E-state index in [9.17, 15) is 0 Å². The van der Waals surface area contributed by atoms with Gasteiger partial charge in [0.25, 0.3) is 0 Å². The average molecular weight is 389 g/mol. The minimum atomic E-state index is 0.226. The second-order valence-electron chi connectivity index (χ2n) is 7.58. The van der Waals surface area contributed by atoms with Crippen molar-refractivity contribution in [2.24, 2.45) is 4.99 Å². The van der Waals surface area contributed by atoms with Crippen LogP contribution in [0.4, 0.5) is 0 Å². The summed E-state index contributed by atoms with van der Waals surface area (Å²) in [6, 6.07) is 19.1. The second kappa shape index (κ2) is 8.90. The van der Waals surface area contributed by atoms with E-state index >= 15 is 0 Å². The number of guanidine groups is 1. The van der Waals surface area contributed by atoms with Crippen molar-refractivity contribution >= 4 is 5.96 Å². The SMILES string of the molecule is CCNC(=NCc1cccc(-c2ncn[nH]2)c1)NCC1(c2ccccc2)CCC1. The molecule has 1 heterocycles. The Balaban J connectivity index is 1.44. The Morgan fingerprint density at radius 3 is 2.66 bits per heavy atom. The van der Waals surface area contributed by atoms with Crippen molar-refractivity contribution < 1.29 is 0 Å². The van der Waals surface area contributed by atoms with Crippen molar-refractivity contribution in [2.75, 3.05) is 13.1 Å². The fraction of sp³-hybridized carbons (Fsp3) is 0.348. The maximum Gasteiger partial charge on any atom is 0.191 e. The second-order valence-corrected chi connectivity index (χ2v) is 7.58. The summed E-state index contributed by atoms with van der Waals surface area (Å²) >= 11 is 0. The van der Waals surface area contributed by atoms with Crippen molar-refractivity contribution in [3.05, 3.63) is 72.1 Å². The van der Waals surface area contributed by atoms with Crippen LogP contribution in [0.1, 0.15) is 37.3 Å². The van der Waals surface area contributed by atoms with Gasteiger partial charge in [0.1, 0.15) is 6.33 Å². The zero-order valence-corrected chi connectivity index (χ0v) is 16.9. The molecular formula is C23H28N6. The molecule has 2 aromatic carbocycles. The van der Waals surface area contributed by atoms with Crippen LogP contribution >= 0.6 is 0 Å². The third-order valence-electron chi connectivity index (χ3n) is 5.67. The van der Waals surface area contributed by atoms with E-state index in [4.69, 9.17) is 4.99 Å². The Morgan fingerprint density at radius 2 is 1.97 bits per heavy atom. The molecule has 1 aromatic heterocycles. The number of aliphatic imine (C=N–C) groups is 1. The van der Waals surface area contributed by atoms with Gasteiger partial charge in [-0.15, -0.1) is 0 Å². The molecule has 0 saturated heterocycles. The van der Waals surface area contributed by atoms with Gasteiger partial charge in [0.05, 0.1) is 6.54 Å². The van der Waals surface area contributed by atoms with E-state index in [0.717, 1.165) is 36.0 Å². The highest BCUT2D eigenvalue weighted by molar-refractivity contribution is 5.80. The molecule has 6 heteroatoms. The van der Waals surface area contributed by atoms with Crippen LogP contribution in [-0.4, -0.2) is 34.2 Å². The highest BCUT2D eigenvalue weighted by Crippen LogP contribution is 2.43. The molecule has 29 heavy (non-hydrogen) atoms. The monoisotopic (exact) mass is 388 g/mol. The van der Waals surface area contributed by atoms with Crippen LogP contribution in [0.25, 0.3) is 11.4 Å². The van der Waals surface area contributed by atoms with Crippen LogP contribution in [0.5, 0.6) is 0 Å². The highest BCUT2D eigenvalue weighted by atomic mass is 15.2. The van der Waals surface area contributed by atoms with Gasteiger partial charge in [0.15, 0.2) is 11.8 Å². The predicted octanol–water partition coefficient (Wildman–Crippen LogP) is 3.65. The lowest BCUT2D eigenvalue weighted by Gasteiger charge is -2.43. The number of H-pyrrole nitrogens is 1. The molecule has 4 rings (SSSR count). The van der Waals surface area contributed by atoms with E-state index < -0.39 is 0 Å². The molecule has 1 aliphatic carbocycles. The Morgan fingerprint density at radius 1 is 1.10 bits per heavy atom. The highest BCUT2D eigenvalue weighted by Gasteiger charge is 2.38. The van der Waals surface area contributed by atoms with Gasteiger partial charge in [-0.3, -0.25) is 5.10 Å². The maximum absolute atomic E-state index is 4.81. The Hall–Kier alpha value is -3.15. The Bertz CT molecular complexity index is 929. The van der Waals surface area contributed by atoms with Gasteiger partial charge in [-0.1, -0.05) is 55.0 Å². The fourth-order valence-corrected chi connectivity index (χ4v) is 3.89. The smallest absolute Gasteiger partial charge is 0.191 e. The zero-order chi connectivity index (χ0) is 19.9. The Labute approximate surface area is 171 Å². The van der Waals surface area contributed by atoms with Crippen LogP contribution in [0.15, 0.2) is 65.9 Å². The van der Waals surface area contributed by atoms with Crippen LogP contribution in [0.2, 0.25) is 0 Å².